The van der Waals surface area contributed by atoms with E-state index in [1.54, 1.807) is 0 Å². The number of hydrogen-bond acceptors (Lipinski definition) is 2. The Morgan fingerprint density at radius 1 is 0.833 bits per heavy atom. The summed E-state index contributed by atoms with van der Waals surface area (Å²) in [7, 11) is 0. The standard InChI is InChI=1S/C21H16N2.HI/c1-3-10-20-16(6-1)12-14-18(22-20)8-5-9-19-15-13-17-7-2-4-11-21(17)23-19;/h1-15,22H;1H. The fourth-order valence-electron chi connectivity index (χ4n) is 2.66. The molecule has 1 aliphatic rings. The van der Waals surface area contributed by atoms with Crippen LogP contribution in [0, 0.1) is 0 Å². The molecular weight excluding hydrogens is 407 g/mol. The number of rotatable bonds is 2. The normalized spacial score (nSPS) is 14.4. The molecule has 0 spiro atoms. The van der Waals surface area contributed by atoms with E-state index < -0.39 is 0 Å². The smallest absolute Gasteiger partial charge is 0.0709 e. The lowest BCUT2D eigenvalue weighted by molar-refractivity contribution is 1.37. The molecule has 0 amide bonds. The van der Waals surface area contributed by atoms with Crippen molar-refractivity contribution >= 4 is 52.7 Å². The second-order valence-corrected chi connectivity index (χ2v) is 5.46. The number of aromatic nitrogens is 1. The van der Waals surface area contributed by atoms with Gasteiger partial charge in [0.2, 0.25) is 0 Å². The summed E-state index contributed by atoms with van der Waals surface area (Å²) < 4.78 is 0. The first-order valence-electron chi connectivity index (χ1n) is 7.67. The predicted octanol–water partition coefficient (Wildman–Crippen LogP) is 5.89. The largest absolute Gasteiger partial charge is 0.355 e. The first-order valence-corrected chi connectivity index (χ1v) is 7.67. The third-order valence-corrected chi connectivity index (χ3v) is 3.84. The molecule has 2 nitrogen and oxygen atoms in total. The van der Waals surface area contributed by atoms with Crippen molar-refractivity contribution in [1.82, 2.24) is 4.98 Å². The molecule has 118 valence electrons. The Labute approximate surface area is 158 Å². The van der Waals surface area contributed by atoms with Gasteiger partial charge in [-0.2, -0.15) is 0 Å². The molecule has 24 heavy (non-hydrogen) atoms. The number of anilines is 1. The number of pyridine rings is 1. The van der Waals surface area contributed by atoms with Crippen molar-refractivity contribution in [3.63, 3.8) is 0 Å². The maximum atomic E-state index is 4.64. The highest BCUT2D eigenvalue weighted by Gasteiger charge is 2.04. The second kappa shape index (κ2) is 7.45. The summed E-state index contributed by atoms with van der Waals surface area (Å²) in [5.74, 6) is 0. The van der Waals surface area contributed by atoms with Crippen LogP contribution in [0.2, 0.25) is 0 Å². The summed E-state index contributed by atoms with van der Waals surface area (Å²) in [4.78, 5) is 4.64. The van der Waals surface area contributed by atoms with E-state index in [9.17, 15) is 0 Å². The van der Waals surface area contributed by atoms with Crippen molar-refractivity contribution in [2.45, 2.75) is 0 Å². The maximum absolute atomic E-state index is 4.64. The summed E-state index contributed by atoms with van der Waals surface area (Å²) in [5, 5.41) is 4.58. The van der Waals surface area contributed by atoms with Crippen LogP contribution in [0.4, 0.5) is 5.69 Å². The molecule has 3 aromatic rings. The fraction of sp³-hybridized carbons (Fsp3) is 0. The molecule has 0 radical (unpaired) electrons. The van der Waals surface area contributed by atoms with E-state index in [1.807, 2.05) is 48.6 Å². The Bertz CT molecular complexity index is 955. The number of nitrogens with zero attached hydrogens (tertiary/aromatic N) is 1. The molecule has 0 bridgehead atoms. The maximum Gasteiger partial charge on any atom is 0.0709 e. The van der Waals surface area contributed by atoms with Gasteiger partial charge in [-0.15, -0.1) is 24.0 Å². The lowest BCUT2D eigenvalue weighted by atomic mass is 10.1. The lowest BCUT2D eigenvalue weighted by Gasteiger charge is -2.14. The van der Waals surface area contributed by atoms with Crippen molar-refractivity contribution in [1.29, 1.82) is 0 Å². The summed E-state index contributed by atoms with van der Waals surface area (Å²) >= 11 is 0. The molecule has 2 heterocycles. The molecule has 0 saturated carbocycles. The molecule has 1 aliphatic heterocycles. The first kappa shape index (κ1) is 16.5. The molecule has 3 heteroatoms. The molecule has 4 rings (SSSR count). The van der Waals surface area contributed by atoms with Gasteiger partial charge in [0.15, 0.2) is 0 Å². The summed E-state index contributed by atoms with van der Waals surface area (Å²) in [5.41, 5.74) is 5.40. The Morgan fingerprint density at radius 3 is 2.62 bits per heavy atom. The quantitative estimate of drug-likeness (QED) is 0.519. The number of nitrogens with one attached hydrogen (secondary N) is 1. The topological polar surface area (TPSA) is 24.9 Å². The Morgan fingerprint density at radius 2 is 1.67 bits per heavy atom. The van der Waals surface area contributed by atoms with Crippen LogP contribution in [0.25, 0.3) is 23.1 Å². The molecule has 2 aromatic carbocycles. The van der Waals surface area contributed by atoms with Gasteiger partial charge < -0.3 is 5.32 Å². The third-order valence-electron chi connectivity index (χ3n) is 3.84. The second-order valence-electron chi connectivity index (χ2n) is 5.46. The van der Waals surface area contributed by atoms with E-state index in [0.717, 1.165) is 28.0 Å². The Kier molecular flexibility index (Phi) is 5.11. The number of benzene rings is 2. The number of para-hydroxylation sites is 2. The first-order chi connectivity index (χ1) is 11.4. The van der Waals surface area contributed by atoms with Crippen LogP contribution in [0.1, 0.15) is 11.3 Å². The molecule has 0 atom stereocenters. The van der Waals surface area contributed by atoms with E-state index in [0.29, 0.717) is 0 Å². The van der Waals surface area contributed by atoms with E-state index >= 15 is 0 Å². The van der Waals surface area contributed by atoms with Crippen LogP contribution < -0.4 is 5.32 Å². The summed E-state index contributed by atoms with van der Waals surface area (Å²) in [6.45, 7) is 0. The summed E-state index contributed by atoms with van der Waals surface area (Å²) in [6.07, 6.45) is 10.3. The van der Waals surface area contributed by atoms with Gasteiger partial charge in [0, 0.05) is 16.8 Å². The van der Waals surface area contributed by atoms with Crippen LogP contribution in [0.5, 0.6) is 0 Å². The van der Waals surface area contributed by atoms with E-state index in [1.165, 1.54) is 5.56 Å². The molecule has 1 aromatic heterocycles. The third kappa shape index (κ3) is 3.57. The van der Waals surface area contributed by atoms with Crippen molar-refractivity contribution < 1.29 is 0 Å². The van der Waals surface area contributed by atoms with Gasteiger partial charge in [-0.1, -0.05) is 54.6 Å². The van der Waals surface area contributed by atoms with Crippen LogP contribution in [0.3, 0.4) is 0 Å². The molecular formula is C21H17IN2. The predicted molar refractivity (Wildman–Crippen MR) is 113 cm³/mol. The summed E-state index contributed by atoms with van der Waals surface area (Å²) in [6, 6.07) is 20.6. The molecule has 1 N–H and O–H groups in total. The van der Waals surface area contributed by atoms with Gasteiger partial charge in [-0.3, -0.25) is 0 Å². The fourth-order valence-corrected chi connectivity index (χ4v) is 2.66. The molecule has 0 unspecified atom stereocenters. The lowest BCUT2D eigenvalue weighted by Crippen LogP contribution is -2.02. The SMILES string of the molecule is C(=Cc1ccc2ccccc2n1)C=C1C=Cc2ccccc2N1.I. The number of hydrogen-bond donors (Lipinski definition) is 1. The molecule has 0 saturated heterocycles. The highest BCUT2D eigenvalue weighted by atomic mass is 127. The monoisotopic (exact) mass is 424 g/mol. The van der Waals surface area contributed by atoms with E-state index in [2.05, 4.69) is 52.8 Å². The van der Waals surface area contributed by atoms with Crippen molar-refractivity contribution in [3.05, 3.63) is 95.8 Å². The number of allylic oxidation sites excluding steroid dienone is 3. The zero-order valence-corrected chi connectivity index (χ0v) is 15.3. The van der Waals surface area contributed by atoms with Crippen LogP contribution >= 0.6 is 24.0 Å². The number of halogens is 1. The minimum absolute atomic E-state index is 0. The van der Waals surface area contributed by atoms with E-state index in [-0.39, 0.29) is 24.0 Å². The minimum Gasteiger partial charge on any atom is -0.355 e. The molecule has 0 aliphatic carbocycles. The van der Waals surface area contributed by atoms with Gasteiger partial charge in [0.25, 0.3) is 0 Å². The van der Waals surface area contributed by atoms with Crippen LogP contribution in [0.15, 0.2) is 84.6 Å². The van der Waals surface area contributed by atoms with E-state index in [4.69, 9.17) is 0 Å². The van der Waals surface area contributed by atoms with Gasteiger partial charge in [0.05, 0.1) is 11.2 Å². The van der Waals surface area contributed by atoms with Crippen molar-refractivity contribution in [2.24, 2.45) is 0 Å². The van der Waals surface area contributed by atoms with Crippen molar-refractivity contribution in [3.8, 4) is 0 Å². The van der Waals surface area contributed by atoms with Gasteiger partial charge in [0.1, 0.15) is 0 Å². The zero-order chi connectivity index (χ0) is 15.5. The highest BCUT2D eigenvalue weighted by Crippen LogP contribution is 2.23. The van der Waals surface area contributed by atoms with Gasteiger partial charge >= 0.3 is 0 Å². The average Bonchev–Trinajstić information content (AvgIpc) is 2.61. The zero-order valence-electron chi connectivity index (χ0n) is 13.0. The van der Waals surface area contributed by atoms with Gasteiger partial charge in [-0.25, -0.2) is 4.98 Å². The number of fused-ring (bicyclic) bond motifs is 2. The van der Waals surface area contributed by atoms with Crippen LogP contribution in [-0.4, -0.2) is 4.98 Å². The Balaban J connectivity index is 0.00000169. The highest BCUT2D eigenvalue weighted by molar-refractivity contribution is 14.0. The van der Waals surface area contributed by atoms with Crippen LogP contribution in [-0.2, 0) is 0 Å². The van der Waals surface area contributed by atoms with Crippen molar-refractivity contribution in [2.75, 3.05) is 5.32 Å². The minimum atomic E-state index is 0. The van der Waals surface area contributed by atoms with Gasteiger partial charge in [-0.05, 0) is 42.0 Å². The Hall–Kier alpha value is -2.40. The average molecular weight is 424 g/mol. The molecule has 0 fully saturated rings.